The third-order valence-electron chi connectivity index (χ3n) is 2.30. The Morgan fingerprint density at radius 1 is 0.647 bits per heavy atom. The molecule has 0 amide bonds. The van der Waals surface area contributed by atoms with Crippen LogP contribution in [0.25, 0.3) is 0 Å². The molecule has 0 saturated heterocycles. The maximum absolute atomic E-state index is 3.16. The first-order valence-electron chi connectivity index (χ1n) is 5.49. The molecule has 0 aliphatic heterocycles. The van der Waals surface area contributed by atoms with Crippen LogP contribution in [0, 0.1) is 23.7 Å². The van der Waals surface area contributed by atoms with Gasteiger partial charge in [-0.15, -0.1) is 5.92 Å². The summed E-state index contributed by atoms with van der Waals surface area (Å²) in [5.41, 5.74) is 2.98. The molecule has 0 radical (unpaired) electrons. The Hall–Kier alpha value is -2.44. The number of hydrogen-bond donors (Lipinski definition) is 0. The van der Waals surface area contributed by atoms with E-state index in [9.17, 15) is 0 Å². The number of rotatable bonds is 0. The van der Waals surface area contributed by atoms with E-state index < -0.39 is 0 Å². The second kappa shape index (κ2) is 5.59. The minimum Gasteiger partial charge on any atom is -0.101 e. The molecular weight excluding hydrogens is 204 g/mol. The standard InChI is InChI=1S/C17H12/c1-2-8-16-11-6-7-12-17(16)14-13-15-9-4-3-5-10-15/h3-7,9-12H,1H3. The molecule has 0 unspecified atom stereocenters. The topological polar surface area (TPSA) is 0 Å². The van der Waals surface area contributed by atoms with Gasteiger partial charge in [-0.3, -0.25) is 0 Å². The van der Waals surface area contributed by atoms with Gasteiger partial charge >= 0.3 is 0 Å². The lowest BCUT2D eigenvalue weighted by molar-refractivity contribution is 1.58. The molecule has 0 bridgehead atoms. The summed E-state index contributed by atoms with van der Waals surface area (Å²) in [5, 5.41) is 0. The van der Waals surface area contributed by atoms with Crippen LogP contribution in [0.15, 0.2) is 54.6 Å². The summed E-state index contributed by atoms with van der Waals surface area (Å²) in [6.45, 7) is 1.83. The van der Waals surface area contributed by atoms with Crippen molar-refractivity contribution in [2.45, 2.75) is 6.92 Å². The molecule has 0 atom stereocenters. The van der Waals surface area contributed by atoms with Crippen molar-refractivity contribution in [3.05, 3.63) is 71.3 Å². The minimum absolute atomic E-state index is 0.978. The smallest absolute Gasteiger partial charge is 0.0405 e. The van der Waals surface area contributed by atoms with E-state index in [1.165, 1.54) is 0 Å². The Morgan fingerprint density at radius 2 is 1.24 bits per heavy atom. The first-order valence-corrected chi connectivity index (χ1v) is 5.49. The molecule has 2 rings (SSSR count). The zero-order valence-corrected chi connectivity index (χ0v) is 9.70. The van der Waals surface area contributed by atoms with Crippen LogP contribution >= 0.6 is 0 Å². The van der Waals surface area contributed by atoms with Gasteiger partial charge in [-0.05, 0) is 31.2 Å². The molecule has 0 N–H and O–H groups in total. The van der Waals surface area contributed by atoms with E-state index in [4.69, 9.17) is 0 Å². The molecule has 0 fully saturated rings. The molecule has 0 heteroatoms. The quantitative estimate of drug-likeness (QED) is 0.592. The zero-order valence-electron chi connectivity index (χ0n) is 9.70. The summed E-state index contributed by atoms with van der Waals surface area (Å²) in [6.07, 6.45) is 0. The van der Waals surface area contributed by atoms with Crippen LogP contribution in [0.3, 0.4) is 0 Å². The summed E-state index contributed by atoms with van der Waals surface area (Å²) in [7, 11) is 0. The predicted molar refractivity (Wildman–Crippen MR) is 71.4 cm³/mol. The van der Waals surface area contributed by atoms with Crippen molar-refractivity contribution in [2.75, 3.05) is 0 Å². The van der Waals surface area contributed by atoms with Gasteiger partial charge in [0, 0.05) is 16.7 Å². The highest BCUT2D eigenvalue weighted by Gasteiger charge is 1.93. The molecule has 0 saturated carbocycles. The van der Waals surface area contributed by atoms with Crippen molar-refractivity contribution in [3.8, 4) is 23.7 Å². The molecular formula is C17H12. The molecule has 2 aromatic carbocycles. The van der Waals surface area contributed by atoms with Gasteiger partial charge in [-0.25, -0.2) is 0 Å². The molecule has 0 nitrogen and oxygen atoms in total. The van der Waals surface area contributed by atoms with Crippen LogP contribution in [0.2, 0.25) is 0 Å². The lowest BCUT2D eigenvalue weighted by atomic mass is 10.1. The second-order valence-electron chi connectivity index (χ2n) is 3.54. The van der Waals surface area contributed by atoms with Crippen molar-refractivity contribution in [1.29, 1.82) is 0 Å². The van der Waals surface area contributed by atoms with E-state index in [-0.39, 0.29) is 0 Å². The summed E-state index contributed by atoms with van der Waals surface area (Å²) in [4.78, 5) is 0. The first-order chi connectivity index (χ1) is 8.40. The van der Waals surface area contributed by atoms with E-state index in [1.54, 1.807) is 0 Å². The van der Waals surface area contributed by atoms with E-state index in [0.717, 1.165) is 16.7 Å². The van der Waals surface area contributed by atoms with Crippen molar-refractivity contribution in [2.24, 2.45) is 0 Å². The third kappa shape index (κ3) is 3.00. The Labute approximate surface area is 102 Å². The minimum atomic E-state index is 0.978. The molecule has 0 spiro atoms. The third-order valence-corrected chi connectivity index (χ3v) is 2.30. The Bertz CT molecular complexity index is 614. The highest BCUT2D eigenvalue weighted by molar-refractivity contribution is 5.52. The van der Waals surface area contributed by atoms with Crippen LogP contribution in [-0.2, 0) is 0 Å². The molecule has 0 aliphatic carbocycles. The van der Waals surface area contributed by atoms with E-state index >= 15 is 0 Å². The maximum atomic E-state index is 3.16. The van der Waals surface area contributed by atoms with E-state index in [2.05, 4.69) is 23.7 Å². The first kappa shape index (κ1) is 11.1. The fraction of sp³-hybridized carbons (Fsp3) is 0.0588. The zero-order chi connectivity index (χ0) is 11.9. The maximum Gasteiger partial charge on any atom is 0.0405 e. The molecule has 0 aromatic heterocycles. The van der Waals surface area contributed by atoms with Gasteiger partial charge in [0.1, 0.15) is 0 Å². The fourth-order valence-electron chi connectivity index (χ4n) is 1.50. The SMILES string of the molecule is CC#Cc1ccccc1C#Cc1ccccc1. The largest absolute Gasteiger partial charge is 0.101 e. The summed E-state index contributed by atoms with van der Waals surface area (Å²) in [6, 6.07) is 17.9. The fourth-order valence-corrected chi connectivity index (χ4v) is 1.50. The van der Waals surface area contributed by atoms with Gasteiger partial charge in [0.2, 0.25) is 0 Å². The number of hydrogen-bond acceptors (Lipinski definition) is 0. The lowest BCUT2D eigenvalue weighted by Gasteiger charge is -1.94. The summed E-state index contributed by atoms with van der Waals surface area (Å²) >= 11 is 0. The normalized spacial score (nSPS) is 8.53. The summed E-state index contributed by atoms with van der Waals surface area (Å²) in [5.74, 6) is 12.3. The Kier molecular flexibility index (Phi) is 3.64. The van der Waals surface area contributed by atoms with Gasteiger partial charge in [0.25, 0.3) is 0 Å². The predicted octanol–water partition coefficient (Wildman–Crippen LogP) is 3.46. The summed E-state index contributed by atoms with van der Waals surface area (Å²) < 4.78 is 0. The molecule has 2 aromatic rings. The van der Waals surface area contributed by atoms with Gasteiger partial charge in [0.05, 0.1) is 0 Å². The average Bonchev–Trinajstić information content (AvgIpc) is 2.39. The van der Waals surface area contributed by atoms with E-state index in [0.29, 0.717) is 0 Å². The molecule has 0 aliphatic rings. The van der Waals surface area contributed by atoms with Crippen molar-refractivity contribution in [1.82, 2.24) is 0 Å². The van der Waals surface area contributed by atoms with Gasteiger partial charge < -0.3 is 0 Å². The second-order valence-corrected chi connectivity index (χ2v) is 3.54. The lowest BCUT2D eigenvalue weighted by Crippen LogP contribution is -1.82. The van der Waals surface area contributed by atoms with Crippen LogP contribution in [0.1, 0.15) is 23.6 Å². The molecule has 17 heavy (non-hydrogen) atoms. The van der Waals surface area contributed by atoms with Crippen molar-refractivity contribution >= 4 is 0 Å². The van der Waals surface area contributed by atoms with Gasteiger partial charge in [-0.2, -0.15) is 0 Å². The molecule has 80 valence electrons. The average molecular weight is 216 g/mol. The Balaban J connectivity index is 2.36. The van der Waals surface area contributed by atoms with Crippen LogP contribution in [0.4, 0.5) is 0 Å². The van der Waals surface area contributed by atoms with Gasteiger partial charge in [0.15, 0.2) is 0 Å². The highest BCUT2D eigenvalue weighted by Crippen LogP contribution is 2.06. The monoisotopic (exact) mass is 216 g/mol. The van der Waals surface area contributed by atoms with Crippen LogP contribution in [-0.4, -0.2) is 0 Å². The molecule has 0 heterocycles. The van der Waals surface area contributed by atoms with Crippen LogP contribution in [0.5, 0.6) is 0 Å². The van der Waals surface area contributed by atoms with Crippen molar-refractivity contribution in [3.63, 3.8) is 0 Å². The van der Waals surface area contributed by atoms with Crippen molar-refractivity contribution < 1.29 is 0 Å². The highest BCUT2D eigenvalue weighted by atomic mass is 14.0. The van der Waals surface area contributed by atoms with Gasteiger partial charge in [-0.1, -0.05) is 48.1 Å². The number of benzene rings is 2. The van der Waals surface area contributed by atoms with Crippen LogP contribution < -0.4 is 0 Å². The van der Waals surface area contributed by atoms with E-state index in [1.807, 2.05) is 61.5 Å². The Morgan fingerprint density at radius 3 is 1.88 bits per heavy atom.